The van der Waals surface area contributed by atoms with E-state index >= 15 is 0 Å². The lowest BCUT2D eigenvalue weighted by Gasteiger charge is -2.42. The number of carbonyl (C=O) groups is 9. The molecule has 0 spiro atoms. The summed E-state index contributed by atoms with van der Waals surface area (Å²) in [7, 11) is 7.47. The third-order valence-electron chi connectivity index (χ3n) is 14.4. The first-order chi connectivity index (χ1) is 49.2. The van der Waals surface area contributed by atoms with Crippen LogP contribution in [0.4, 0.5) is 0 Å². The Labute approximate surface area is 618 Å². The van der Waals surface area contributed by atoms with Gasteiger partial charge in [-0.25, -0.2) is 0 Å². The number of aliphatic hydroxyl groups is 9. The van der Waals surface area contributed by atoms with Crippen LogP contribution in [0.2, 0.25) is 0 Å². The van der Waals surface area contributed by atoms with Crippen molar-refractivity contribution < 1.29 is 146 Å². The minimum Gasteiger partial charge on any atom is -0.394 e. The van der Waals surface area contributed by atoms with E-state index in [-0.39, 0.29) is 116 Å². The van der Waals surface area contributed by atoms with E-state index < -0.39 is 203 Å². The van der Waals surface area contributed by atoms with Gasteiger partial charge in [0.05, 0.1) is 139 Å². The Bertz CT molecular complexity index is 2250. The first kappa shape index (κ1) is 93.7. The van der Waals surface area contributed by atoms with Crippen molar-refractivity contribution in [2.24, 2.45) is 17.2 Å². The van der Waals surface area contributed by atoms with Crippen molar-refractivity contribution in [1.82, 2.24) is 36.8 Å². The summed E-state index contributed by atoms with van der Waals surface area (Å²) in [5.74, 6) is -5.43. The first-order valence-electron chi connectivity index (χ1n) is 32.4. The molecule has 21 N–H and O–H groups in total. The van der Waals surface area contributed by atoms with E-state index in [2.05, 4.69) is 31.9 Å². The predicted octanol–water partition coefficient (Wildman–Crippen LogP) is -9.68. The number of nitrogens with zero attached hydrogens (tertiary/aromatic N) is 1. The molecule has 0 bridgehead atoms. The first-order valence-corrected chi connectivity index (χ1v) is 39.9. The summed E-state index contributed by atoms with van der Waals surface area (Å²) in [6, 6.07) is -6.99. The third kappa shape index (κ3) is 37.9. The molecule has 3 saturated heterocycles. The van der Waals surface area contributed by atoms with E-state index in [4.69, 9.17) is 74.0 Å². The fourth-order valence-electron chi connectivity index (χ4n) is 9.36. The molecule has 46 heteroatoms. The molecule has 0 unspecified atom stereocenters. The maximum Gasteiger partial charge on any atom is 0.240 e. The van der Waals surface area contributed by atoms with E-state index in [9.17, 15) is 89.1 Å². The SMILES string of the molecule is CC(=O)N[C@H]1[C@H](OCCOCCOCCSSC[C@H](NC(=O)CN(CC(=O)N[C@@H](CSSCCOCCOCCO[C@@H]2O[C@H](CO)[C@H](O)[C@H](O)[C@H]2NC(C)=O)C(N)=O)CC(=O)N[C@@H](CSSCCOCCOCCO[C@@H]2O[C@H](CO)[C@H](O)[C@H](O)[C@H]2NC(C)=O)C(N)=O)C(N)=O)O[C@H](CO)[C@H](O)[C@@H]1O. The lowest BCUT2D eigenvalue weighted by Crippen LogP contribution is -2.64. The Kier molecular flexibility index (Phi) is 49.2. The molecule has 40 nitrogen and oxygen atoms in total. The zero-order chi connectivity index (χ0) is 76.2. The Morgan fingerprint density at radius 1 is 0.369 bits per heavy atom. The van der Waals surface area contributed by atoms with Gasteiger partial charge in [0.1, 0.15) is 91.2 Å². The monoisotopic (exact) mass is 1600 g/mol. The van der Waals surface area contributed by atoms with Crippen LogP contribution < -0.4 is 49.1 Å². The van der Waals surface area contributed by atoms with Gasteiger partial charge in [0.2, 0.25) is 53.2 Å². The van der Waals surface area contributed by atoms with Crippen molar-refractivity contribution in [3.8, 4) is 0 Å². The summed E-state index contributed by atoms with van der Waals surface area (Å²) in [5.41, 5.74) is 17.0. The lowest BCUT2D eigenvalue weighted by molar-refractivity contribution is -0.272. The van der Waals surface area contributed by atoms with E-state index in [0.29, 0.717) is 17.3 Å². The standard InChI is InChI=1S/C57H102N10O30S6/c1-31(71)61-43-49(80)46(77)37(25-68)95-55(43)92-13-10-86-4-7-89-16-19-98-101-28-34(52(58)83)64-40(74)22-67(23-41(75)65-35(53(59)84)29-102-99-20-17-90-8-5-87-11-14-93-56-44(62-32(2)72)50(81)47(78)38(26-69)96-56)24-42(76)66-36(54(60)85)30-103-100-21-18-91-9-6-88-12-15-94-57-45(63-33(3)73)51(82)48(79)39(27-70)97-57/h34-39,43-51,55-57,68-70,77-82H,4-30H2,1-3H3,(H2,58,83)(H2,59,84)(H2,60,85)(H,61,71)(H,62,72)(H,63,73)(H,64,74)(H,65,75)(H,66,76)/t34-,35-,36-,37+,38+,39+,43+,44+,45+,46-,47-,48-,49+,50+,51+,55+,56+,57+/m0/s1. The largest absolute Gasteiger partial charge is 0.394 e. The highest BCUT2D eigenvalue weighted by atomic mass is 33.1. The molecule has 18 atom stereocenters. The second-order valence-corrected chi connectivity index (χ2v) is 30.5. The fraction of sp³-hybridized carbons (Fsp3) is 0.842. The van der Waals surface area contributed by atoms with Crippen LogP contribution in [0, 0.1) is 0 Å². The number of hydrogen-bond donors (Lipinski definition) is 18. The molecule has 0 aliphatic carbocycles. The van der Waals surface area contributed by atoms with Gasteiger partial charge in [-0.2, -0.15) is 0 Å². The van der Waals surface area contributed by atoms with Crippen LogP contribution in [0.3, 0.4) is 0 Å². The van der Waals surface area contributed by atoms with Gasteiger partial charge in [-0.05, 0) is 0 Å². The van der Waals surface area contributed by atoms with Crippen molar-refractivity contribution >= 4 is 118 Å². The van der Waals surface area contributed by atoms with Crippen molar-refractivity contribution in [3.63, 3.8) is 0 Å². The molecule has 0 aromatic rings. The van der Waals surface area contributed by atoms with Gasteiger partial charge in [-0.1, -0.05) is 64.8 Å². The van der Waals surface area contributed by atoms with Gasteiger partial charge in [-0.3, -0.25) is 48.1 Å². The fourth-order valence-corrected chi connectivity index (χ4v) is 15.5. The molecule has 3 aliphatic rings. The summed E-state index contributed by atoms with van der Waals surface area (Å²) in [5, 5.41) is 105. The van der Waals surface area contributed by atoms with Crippen LogP contribution in [-0.2, 0) is 100.0 Å². The normalized spacial score (nSPS) is 25.8. The topological polar surface area (TPSA) is 600 Å². The van der Waals surface area contributed by atoms with Gasteiger partial charge in [0.25, 0.3) is 0 Å². The minimum atomic E-state index is -1.46. The maximum atomic E-state index is 13.6. The molecule has 596 valence electrons. The van der Waals surface area contributed by atoms with Crippen molar-refractivity contribution in [3.05, 3.63) is 0 Å². The Hall–Kier alpha value is -3.55. The second kappa shape index (κ2) is 54.1. The number of aliphatic hydroxyl groups excluding tert-OH is 9. The molecule has 9 amide bonds. The van der Waals surface area contributed by atoms with Gasteiger partial charge in [0, 0.05) is 55.3 Å². The van der Waals surface area contributed by atoms with Crippen LogP contribution in [0.5, 0.6) is 0 Å². The molecular formula is C57H102N10O30S6. The molecule has 3 fully saturated rings. The second-order valence-electron chi connectivity index (χ2n) is 22.6. The Balaban J connectivity index is 1.46. The maximum absolute atomic E-state index is 13.6. The predicted molar refractivity (Wildman–Crippen MR) is 373 cm³/mol. The highest BCUT2D eigenvalue weighted by Crippen LogP contribution is 2.27. The quantitative estimate of drug-likeness (QED) is 0.0199. The highest BCUT2D eigenvalue weighted by molar-refractivity contribution is 8.77. The van der Waals surface area contributed by atoms with Gasteiger partial charge < -0.3 is 152 Å². The smallest absolute Gasteiger partial charge is 0.240 e. The zero-order valence-electron chi connectivity index (χ0n) is 57.2. The van der Waals surface area contributed by atoms with Gasteiger partial charge in [-0.15, -0.1) is 0 Å². The number of ether oxygens (including phenoxy) is 12. The zero-order valence-corrected chi connectivity index (χ0v) is 62.1. The number of nitrogens with one attached hydrogen (secondary N) is 6. The van der Waals surface area contributed by atoms with E-state index in [1.807, 2.05) is 0 Å². The average molecular weight is 1600 g/mol. The summed E-state index contributed by atoms with van der Waals surface area (Å²) in [6.07, 6.45) is -15.7. The number of nitrogens with two attached hydrogens (primary N) is 3. The number of amides is 9. The number of rotatable bonds is 57. The van der Waals surface area contributed by atoms with Crippen molar-refractivity contribution in [2.45, 2.75) is 131 Å². The summed E-state index contributed by atoms with van der Waals surface area (Å²) < 4.78 is 66.7. The molecular weight excluding hydrogens is 1500 g/mol. The summed E-state index contributed by atoms with van der Waals surface area (Å²) in [4.78, 5) is 115. The van der Waals surface area contributed by atoms with E-state index in [0.717, 1.165) is 4.90 Å². The average Bonchev–Trinajstić information content (AvgIpc) is 0.823. The van der Waals surface area contributed by atoms with Gasteiger partial charge in [0.15, 0.2) is 18.9 Å². The Morgan fingerprint density at radius 2 is 0.602 bits per heavy atom. The van der Waals surface area contributed by atoms with Gasteiger partial charge >= 0.3 is 0 Å². The molecule has 0 radical (unpaired) electrons. The summed E-state index contributed by atoms with van der Waals surface area (Å²) >= 11 is 0. The molecule has 3 aliphatic heterocycles. The van der Waals surface area contributed by atoms with Crippen LogP contribution in [0.1, 0.15) is 20.8 Å². The van der Waals surface area contributed by atoms with Crippen molar-refractivity contribution in [2.75, 3.05) is 173 Å². The lowest BCUT2D eigenvalue weighted by atomic mass is 9.97. The molecule has 3 rings (SSSR count). The van der Waals surface area contributed by atoms with E-state index in [1.165, 1.54) is 85.5 Å². The molecule has 103 heavy (non-hydrogen) atoms. The van der Waals surface area contributed by atoms with Crippen LogP contribution in [-0.4, -0.2) is 387 Å². The Morgan fingerprint density at radius 3 is 0.825 bits per heavy atom. The van der Waals surface area contributed by atoms with E-state index in [1.54, 1.807) is 0 Å². The highest BCUT2D eigenvalue weighted by Gasteiger charge is 2.48. The molecule has 0 saturated carbocycles. The van der Waals surface area contributed by atoms with Crippen LogP contribution >= 0.6 is 64.8 Å². The van der Waals surface area contributed by atoms with Crippen molar-refractivity contribution in [1.29, 1.82) is 0 Å². The number of primary amides is 3. The molecule has 0 aromatic heterocycles. The third-order valence-corrected chi connectivity index (χ3v) is 21.6. The molecule has 3 heterocycles. The van der Waals surface area contributed by atoms with Crippen LogP contribution in [0.25, 0.3) is 0 Å². The molecule has 0 aromatic carbocycles. The van der Waals surface area contributed by atoms with Crippen LogP contribution in [0.15, 0.2) is 0 Å². The summed E-state index contributed by atoms with van der Waals surface area (Å²) in [6.45, 7) is 1.72. The number of hydrogen-bond acceptors (Lipinski definition) is 37. The number of carbonyl (C=O) groups excluding carboxylic acids is 9. The minimum absolute atomic E-state index is 0.00970.